The Kier molecular flexibility index (Phi) is 10.8. The molecule has 6 unspecified atom stereocenters. The highest BCUT2D eigenvalue weighted by Crippen LogP contribution is 2.54. The number of methoxy groups -OCH3 is 3. The Morgan fingerprint density at radius 1 is 0.690 bits per heavy atom. The first-order valence-electron chi connectivity index (χ1n) is 19.5. The van der Waals surface area contributed by atoms with Crippen LogP contribution in [-0.4, -0.2) is 87.5 Å². The van der Waals surface area contributed by atoms with Crippen molar-refractivity contribution in [1.82, 2.24) is 0 Å². The molecule has 0 saturated carbocycles. The zero-order valence-electron chi connectivity index (χ0n) is 34.2. The zero-order valence-corrected chi connectivity index (χ0v) is 34.2. The maximum absolute atomic E-state index is 12.9. The lowest BCUT2D eigenvalue weighted by molar-refractivity contribution is -0.956. The summed E-state index contributed by atoms with van der Waals surface area (Å²) in [6.07, 6.45) is 1.79. The lowest BCUT2D eigenvalue weighted by Gasteiger charge is -2.50. The highest BCUT2D eigenvalue weighted by atomic mass is 16.6. The van der Waals surface area contributed by atoms with Gasteiger partial charge in [0.15, 0.2) is 34.5 Å². The minimum atomic E-state index is -1.21. The van der Waals surface area contributed by atoms with Crippen LogP contribution in [0.25, 0.3) is 0 Å². The maximum Gasteiger partial charge on any atom is 0.308 e. The molecule has 6 atom stereocenters. The van der Waals surface area contributed by atoms with Gasteiger partial charge >= 0.3 is 5.97 Å². The molecule has 0 aliphatic carbocycles. The summed E-state index contributed by atoms with van der Waals surface area (Å²) in [5, 5.41) is 25.4. The number of carboxylic acids is 2. The summed E-state index contributed by atoms with van der Waals surface area (Å²) in [6, 6.07) is 16.2. The molecule has 0 spiro atoms. The van der Waals surface area contributed by atoms with Gasteiger partial charge < -0.3 is 57.2 Å². The van der Waals surface area contributed by atoms with E-state index >= 15 is 0 Å². The van der Waals surface area contributed by atoms with E-state index in [2.05, 4.69) is 0 Å². The van der Waals surface area contributed by atoms with Crippen LogP contribution in [0.4, 0.5) is 0 Å². The number of aliphatic carboxylic acids is 2. The molecule has 8 rings (SSSR count). The SMILES string of the molecule is COc1ccc2cc1Oc1ccc(cc1)CC1c3cc(c(OC)cc3CC[N+]1(C)C(C)C(=O)[O-])Oc1c(OC(C)=O)c(OC)cc3c1C(C2)[N+](C)(C(C)C(=O)[O-])CC3. The number of hydrogen-bond donors (Lipinski definition) is 0. The molecule has 13 heteroatoms. The summed E-state index contributed by atoms with van der Waals surface area (Å²) in [5.74, 6) is -0.263. The van der Waals surface area contributed by atoms with E-state index in [0.29, 0.717) is 73.1 Å². The fourth-order valence-corrected chi connectivity index (χ4v) is 9.12. The van der Waals surface area contributed by atoms with E-state index in [1.165, 1.54) is 14.0 Å². The average molecular weight is 795 g/mol. The monoisotopic (exact) mass is 794 g/mol. The van der Waals surface area contributed by atoms with E-state index < -0.39 is 36.0 Å². The first kappa shape index (κ1) is 40.4. The first-order chi connectivity index (χ1) is 27.6. The second kappa shape index (κ2) is 15.5. The number of ether oxygens (including phenoxy) is 6. The smallest absolute Gasteiger partial charge is 0.308 e. The third-order valence-corrected chi connectivity index (χ3v) is 13.0. The summed E-state index contributed by atoms with van der Waals surface area (Å²) in [4.78, 5) is 38.3. The molecule has 0 aromatic heterocycles. The van der Waals surface area contributed by atoms with E-state index in [1.54, 1.807) is 28.1 Å². The molecule has 0 radical (unpaired) electrons. The van der Waals surface area contributed by atoms with Gasteiger partial charge in [0.1, 0.15) is 29.9 Å². The van der Waals surface area contributed by atoms with Crippen LogP contribution in [0.5, 0.6) is 46.0 Å². The normalized spacial score (nSPS) is 23.0. The number of carbonyl (C=O) groups is 3. The zero-order chi connectivity index (χ0) is 41.7. The van der Waals surface area contributed by atoms with Crippen molar-refractivity contribution in [3.8, 4) is 46.0 Å². The maximum atomic E-state index is 12.9. The van der Waals surface area contributed by atoms with E-state index in [9.17, 15) is 24.6 Å². The van der Waals surface area contributed by atoms with Crippen LogP contribution >= 0.6 is 0 Å². The van der Waals surface area contributed by atoms with Crippen molar-refractivity contribution in [1.29, 1.82) is 0 Å². The second-order valence-corrected chi connectivity index (χ2v) is 16.0. The number of benzene rings is 4. The number of carbonyl (C=O) groups excluding carboxylic acids is 3. The molecule has 4 heterocycles. The number of fused-ring (bicyclic) bond motifs is 2. The topological polar surface area (TPSA) is 153 Å². The highest BCUT2D eigenvalue weighted by molar-refractivity contribution is 5.74. The third-order valence-electron chi connectivity index (χ3n) is 13.0. The highest BCUT2D eigenvalue weighted by Gasteiger charge is 2.48. The number of quaternary nitrogens is 2. The fourth-order valence-electron chi connectivity index (χ4n) is 9.12. The molecule has 0 saturated heterocycles. The molecule has 58 heavy (non-hydrogen) atoms. The van der Waals surface area contributed by atoms with Gasteiger partial charge in [-0.15, -0.1) is 0 Å². The van der Waals surface area contributed by atoms with Crippen LogP contribution in [-0.2, 0) is 40.1 Å². The van der Waals surface area contributed by atoms with Crippen LogP contribution in [0.15, 0.2) is 60.7 Å². The molecule has 4 aromatic rings. The van der Waals surface area contributed by atoms with Crippen LogP contribution in [0.1, 0.15) is 66.2 Å². The first-order valence-corrected chi connectivity index (χ1v) is 19.5. The van der Waals surface area contributed by atoms with Crippen molar-refractivity contribution in [2.75, 3.05) is 48.5 Å². The second-order valence-electron chi connectivity index (χ2n) is 16.0. The van der Waals surface area contributed by atoms with Crippen LogP contribution in [0.3, 0.4) is 0 Å². The van der Waals surface area contributed by atoms with Gasteiger partial charge in [-0.3, -0.25) is 4.79 Å². The molecular weight excluding hydrogens is 744 g/mol. The van der Waals surface area contributed by atoms with Crippen LogP contribution in [0.2, 0.25) is 0 Å². The number of hydrogen-bond acceptors (Lipinski definition) is 11. The Labute approximate surface area is 338 Å². The summed E-state index contributed by atoms with van der Waals surface area (Å²) in [7, 11) is 8.43. The predicted octanol–water partition coefficient (Wildman–Crippen LogP) is 4.39. The molecule has 4 aliphatic rings. The Balaban J connectivity index is 1.56. The van der Waals surface area contributed by atoms with Gasteiger partial charge in [-0.1, -0.05) is 18.2 Å². The summed E-state index contributed by atoms with van der Waals surface area (Å²) < 4.78 is 37.2. The molecule has 306 valence electrons. The lowest BCUT2D eigenvalue weighted by Crippen LogP contribution is -2.62. The minimum Gasteiger partial charge on any atom is -0.544 e. The van der Waals surface area contributed by atoms with Crippen molar-refractivity contribution < 1.29 is 62.0 Å². The Hall–Kier alpha value is -5.79. The van der Waals surface area contributed by atoms with Gasteiger partial charge in [0.2, 0.25) is 5.75 Å². The predicted molar refractivity (Wildman–Crippen MR) is 208 cm³/mol. The van der Waals surface area contributed by atoms with Crippen molar-refractivity contribution >= 4 is 17.9 Å². The van der Waals surface area contributed by atoms with Gasteiger partial charge in [0, 0.05) is 38.2 Å². The summed E-state index contributed by atoms with van der Waals surface area (Å²) in [5.41, 5.74) is 5.09. The molecule has 13 nitrogen and oxygen atoms in total. The standard InChI is InChI=1S/C45H50N2O11/c1-25(44(49)50)46(4)17-15-30-22-37(54-7)39-24-33(30)34(46)19-28-9-12-32(13-10-28)57-38-21-29(11-14-36(38)53-6)20-35-41-31(16-18-47(35,5)26(2)45(51)52)23-40(55-8)42(43(41)58-39)56-27(3)48/h9-14,21-26,34-35H,15-20H2,1-8H3. The van der Waals surface area contributed by atoms with E-state index in [0.717, 1.165) is 27.8 Å². The quantitative estimate of drug-likeness (QED) is 0.142. The van der Waals surface area contributed by atoms with Gasteiger partial charge in [0.25, 0.3) is 0 Å². The van der Waals surface area contributed by atoms with Gasteiger partial charge in [-0.2, -0.15) is 0 Å². The number of nitrogens with zero attached hydrogens (tertiary/aromatic N) is 2. The molecule has 0 amide bonds. The number of likely N-dealkylation sites (N-methyl/N-ethyl adjacent to an activating group) is 2. The lowest BCUT2D eigenvalue weighted by atomic mass is 9.84. The molecular formula is C45H50N2O11. The van der Waals surface area contributed by atoms with E-state index in [1.807, 2.05) is 74.8 Å². The molecule has 6 bridgehead atoms. The van der Waals surface area contributed by atoms with Crippen molar-refractivity contribution in [3.05, 3.63) is 94.0 Å². The Morgan fingerprint density at radius 2 is 1.24 bits per heavy atom. The minimum absolute atomic E-state index is 0.0293. The third kappa shape index (κ3) is 7.06. The fraction of sp³-hybridized carbons (Fsp3) is 0.400. The van der Waals surface area contributed by atoms with Crippen LogP contribution < -0.4 is 38.6 Å². The largest absolute Gasteiger partial charge is 0.544 e. The molecule has 4 aliphatic heterocycles. The number of rotatable bonds is 8. The van der Waals surface area contributed by atoms with Gasteiger partial charge in [-0.05, 0) is 78.6 Å². The van der Waals surface area contributed by atoms with Crippen molar-refractivity contribution in [3.63, 3.8) is 0 Å². The van der Waals surface area contributed by atoms with Gasteiger partial charge in [-0.25, -0.2) is 0 Å². The average Bonchev–Trinajstić information content (AvgIpc) is 3.20. The van der Waals surface area contributed by atoms with Gasteiger partial charge in [0.05, 0.1) is 66.0 Å². The van der Waals surface area contributed by atoms with E-state index in [4.69, 9.17) is 28.4 Å². The van der Waals surface area contributed by atoms with Crippen LogP contribution in [0, 0.1) is 0 Å². The van der Waals surface area contributed by atoms with Crippen molar-refractivity contribution in [2.24, 2.45) is 0 Å². The van der Waals surface area contributed by atoms with E-state index in [-0.39, 0.29) is 32.3 Å². The Bertz CT molecular complexity index is 2270. The number of esters is 1. The molecule has 4 aromatic carbocycles. The molecule has 0 N–H and O–H groups in total. The summed E-state index contributed by atoms with van der Waals surface area (Å²) >= 11 is 0. The molecule has 0 fully saturated rings. The number of carboxylic acid groups (broad SMARTS) is 2. The Morgan fingerprint density at radius 3 is 1.84 bits per heavy atom. The van der Waals surface area contributed by atoms with Crippen molar-refractivity contribution in [2.45, 2.75) is 70.6 Å². The summed E-state index contributed by atoms with van der Waals surface area (Å²) in [6.45, 7) is 5.58.